The third kappa shape index (κ3) is 4.99. The number of hydrogen-bond acceptors (Lipinski definition) is 6. The Labute approximate surface area is 225 Å². The van der Waals surface area contributed by atoms with Gasteiger partial charge in [-0.2, -0.15) is 5.10 Å². The molecule has 0 saturated heterocycles. The molecule has 1 aliphatic rings. The summed E-state index contributed by atoms with van der Waals surface area (Å²) in [6.45, 7) is 3.97. The van der Waals surface area contributed by atoms with Crippen LogP contribution >= 0.6 is 11.3 Å². The topological polar surface area (TPSA) is 69.5 Å². The Kier molecular flexibility index (Phi) is 6.79. The van der Waals surface area contributed by atoms with Crippen molar-refractivity contribution >= 4 is 27.3 Å². The number of thiophene rings is 1. The predicted octanol–water partition coefficient (Wildman–Crippen LogP) is 5.51. The van der Waals surface area contributed by atoms with Crippen LogP contribution in [-0.4, -0.2) is 45.3 Å². The summed E-state index contributed by atoms with van der Waals surface area (Å²) < 4.78 is 15.5. The van der Waals surface area contributed by atoms with E-state index >= 15 is 0 Å². The van der Waals surface area contributed by atoms with Gasteiger partial charge in [0, 0.05) is 58.0 Å². The molecular weight excluding hydrogens is 496 g/mol. The molecule has 5 aromatic rings. The number of pyridine rings is 1. The fraction of sp³-hybridized carbons (Fsp3) is 0.233. The lowest BCUT2D eigenvalue weighted by Crippen LogP contribution is -2.35. The number of aromatic nitrogens is 3. The molecule has 0 unspecified atom stereocenters. The lowest BCUT2D eigenvalue weighted by molar-refractivity contribution is -0.132. The Morgan fingerprint density at radius 3 is 2.84 bits per heavy atom. The molecule has 0 aliphatic carbocycles. The van der Waals surface area contributed by atoms with Crippen molar-refractivity contribution in [2.45, 2.75) is 26.4 Å². The SMILES string of the molecule is Cc1ccnn1CC(=O)N1CCOc2c(cc(-c3csc4ccccc34)cc2OCCc2ccccn2)C1. The van der Waals surface area contributed by atoms with Gasteiger partial charge in [0.05, 0.1) is 13.2 Å². The largest absolute Gasteiger partial charge is 0.489 e. The highest BCUT2D eigenvalue weighted by molar-refractivity contribution is 7.17. The Hall–Kier alpha value is -4.17. The van der Waals surface area contributed by atoms with Crippen LogP contribution in [0.25, 0.3) is 21.2 Å². The maximum Gasteiger partial charge on any atom is 0.244 e. The van der Waals surface area contributed by atoms with Crippen molar-refractivity contribution in [2.24, 2.45) is 0 Å². The van der Waals surface area contributed by atoms with Gasteiger partial charge in [-0.05, 0) is 54.3 Å². The van der Waals surface area contributed by atoms with Gasteiger partial charge in [-0.1, -0.05) is 24.3 Å². The molecule has 192 valence electrons. The molecule has 0 fully saturated rings. The van der Waals surface area contributed by atoms with E-state index in [2.05, 4.69) is 51.9 Å². The van der Waals surface area contributed by atoms with E-state index in [1.165, 1.54) is 10.1 Å². The molecule has 6 rings (SSSR count). The molecule has 7 nitrogen and oxygen atoms in total. The average molecular weight is 525 g/mol. The van der Waals surface area contributed by atoms with Crippen LogP contribution in [0.4, 0.5) is 0 Å². The van der Waals surface area contributed by atoms with Gasteiger partial charge < -0.3 is 14.4 Å². The van der Waals surface area contributed by atoms with E-state index < -0.39 is 0 Å². The van der Waals surface area contributed by atoms with Gasteiger partial charge in [0.15, 0.2) is 11.5 Å². The minimum Gasteiger partial charge on any atom is -0.489 e. The van der Waals surface area contributed by atoms with Crippen molar-refractivity contribution in [3.63, 3.8) is 0 Å². The van der Waals surface area contributed by atoms with Gasteiger partial charge in [-0.3, -0.25) is 14.5 Å². The van der Waals surface area contributed by atoms with E-state index in [1.54, 1.807) is 28.4 Å². The first kappa shape index (κ1) is 24.2. The molecule has 8 heteroatoms. The molecule has 1 amide bonds. The Balaban J connectivity index is 1.33. The van der Waals surface area contributed by atoms with E-state index in [0.29, 0.717) is 44.2 Å². The Bertz CT molecular complexity index is 1580. The smallest absolute Gasteiger partial charge is 0.244 e. The molecule has 0 bridgehead atoms. The van der Waals surface area contributed by atoms with Crippen LogP contribution in [0, 0.1) is 6.92 Å². The predicted molar refractivity (Wildman–Crippen MR) is 149 cm³/mol. The number of benzene rings is 2. The van der Waals surface area contributed by atoms with E-state index in [0.717, 1.165) is 28.1 Å². The highest BCUT2D eigenvalue weighted by Crippen LogP contribution is 2.42. The summed E-state index contributed by atoms with van der Waals surface area (Å²) in [6, 6.07) is 20.4. The number of rotatable bonds is 7. The summed E-state index contributed by atoms with van der Waals surface area (Å²) >= 11 is 1.73. The number of fused-ring (bicyclic) bond motifs is 2. The van der Waals surface area contributed by atoms with Crippen molar-refractivity contribution in [3.8, 4) is 22.6 Å². The first-order chi connectivity index (χ1) is 18.7. The maximum absolute atomic E-state index is 13.3. The zero-order valence-corrected chi connectivity index (χ0v) is 22.0. The molecule has 0 atom stereocenters. The second-order valence-corrected chi connectivity index (χ2v) is 10.2. The lowest BCUT2D eigenvalue weighted by atomic mass is 10.0. The zero-order chi connectivity index (χ0) is 25.9. The third-order valence-electron chi connectivity index (χ3n) is 6.80. The van der Waals surface area contributed by atoms with Gasteiger partial charge >= 0.3 is 0 Å². The number of nitrogens with zero attached hydrogens (tertiary/aromatic N) is 4. The molecule has 0 spiro atoms. The standard InChI is InChI=1S/C30H28N4O3S/c1-21-9-12-32-34(21)19-29(35)33-13-15-37-30-23(18-33)16-22(26-20-38-28-8-3-2-7-25(26)28)17-27(30)36-14-10-24-6-4-5-11-31-24/h2-9,11-12,16-17,20H,10,13-15,18-19H2,1H3. The number of amides is 1. The highest BCUT2D eigenvalue weighted by Gasteiger charge is 2.25. The van der Waals surface area contributed by atoms with Crippen LogP contribution in [0.3, 0.4) is 0 Å². The summed E-state index contributed by atoms with van der Waals surface area (Å²) in [4.78, 5) is 19.5. The van der Waals surface area contributed by atoms with E-state index in [9.17, 15) is 4.79 Å². The third-order valence-corrected chi connectivity index (χ3v) is 7.76. The van der Waals surface area contributed by atoms with Crippen LogP contribution in [0.2, 0.25) is 0 Å². The molecule has 38 heavy (non-hydrogen) atoms. The van der Waals surface area contributed by atoms with Crippen LogP contribution in [0.1, 0.15) is 17.0 Å². The number of carbonyl (C=O) groups excluding carboxylic acids is 1. The normalized spacial score (nSPS) is 13.1. The van der Waals surface area contributed by atoms with Crippen LogP contribution in [0.15, 0.2) is 78.4 Å². The van der Waals surface area contributed by atoms with E-state index in [-0.39, 0.29) is 12.5 Å². The summed E-state index contributed by atoms with van der Waals surface area (Å²) in [6.07, 6.45) is 4.20. The van der Waals surface area contributed by atoms with E-state index in [4.69, 9.17) is 9.47 Å². The Morgan fingerprint density at radius 1 is 1.11 bits per heavy atom. The van der Waals surface area contributed by atoms with Crippen LogP contribution in [0.5, 0.6) is 11.5 Å². The van der Waals surface area contributed by atoms with Gasteiger partial charge in [0.25, 0.3) is 0 Å². The fourth-order valence-electron chi connectivity index (χ4n) is 4.76. The number of carbonyl (C=O) groups is 1. The van der Waals surface area contributed by atoms with Gasteiger partial charge in [0.2, 0.25) is 5.91 Å². The minimum atomic E-state index is 0.0113. The fourth-order valence-corrected chi connectivity index (χ4v) is 5.73. The summed E-state index contributed by atoms with van der Waals surface area (Å²) in [5.74, 6) is 1.41. The zero-order valence-electron chi connectivity index (χ0n) is 21.2. The summed E-state index contributed by atoms with van der Waals surface area (Å²) in [5.41, 5.74) is 5.07. The summed E-state index contributed by atoms with van der Waals surface area (Å²) in [5, 5.41) is 7.67. The number of aryl methyl sites for hydroxylation is 1. The highest BCUT2D eigenvalue weighted by atomic mass is 32.1. The van der Waals surface area contributed by atoms with Crippen LogP contribution < -0.4 is 9.47 Å². The first-order valence-electron chi connectivity index (χ1n) is 12.7. The first-order valence-corrected chi connectivity index (χ1v) is 13.6. The van der Waals surface area contributed by atoms with E-state index in [1.807, 2.05) is 36.1 Å². The molecule has 2 aromatic carbocycles. The van der Waals surface area contributed by atoms with Crippen LogP contribution in [-0.2, 0) is 24.3 Å². The van der Waals surface area contributed by atoms with Gasteiger partial charge in [0.1, 0.15) is 13.2 Å². The van der Waals surface area contributed by atoms with Crippen molar-refractivity contribution in [1.29, 1.82) is 0 Å². The second-order valence-electron chi connectivity index (χ2n) is 9.32. The van der Waals surface area contributed by atoms with Crippen molar-refractivity contribution < 1.29 is 14.3 Å². The molecule has 1 aliphatic heterocycles. The van der Waals surface area contributed by atoms with Gasteiger partial charge in [-0.25, -0.2) is 0 Å². The second kappa shape index (κ2) is 10.7. The average Bonchev–Trinajstić information content (AvgIpc) is 3.48. The van der Waals surface area contributed by atoms with Gasteiger partial charge in [-0.15, -0.1) is 11.3 Å². The minimum absolute atomic E-state index is 0.0113. The summed E-state index contributed by atoms with van der Waals surface area (Å²) in [7, 11) is 0. The molecule has 0 N–H and O–H groups in total. The maximum atomic E-state index is 13.3. The number of ether oxygens (including phenoxy) is 2. The monoisotopic (exact) mass is 524 g/mol. The quantitative estimate of drug-likeness (QED) is 0.281. The van der Waals surface area contributed by atoms with Crippen molar-refractivity contribution in [1.82, 2.24) is 19.7 Å². The molecule has 3 aromatic heterocycles. The van der Waals surface area contributed by atoms with Crippen molar-refractivity contribution in [2.75, 3.05) is 19.8 Å². The molecular formula is C30H28N4O3S. The molecule has 0 saturated carbocycles. The molecule has 0 radical (unpaired) electrons. The lowest BCUT2D eigenvalue weighted by Gasteiger charge is -2.21. The Morgan fingerprint density at radius 2 is 2.00 bits per heavy atom. The molecule has 4 heterocycles. The van der Waals surface area contributed by atoms with Crippen molar-refractivity contribution in [3.05, 3.63) is 95.4 Å². The number of hydrogen-bond donors (Lipinski definition) is 0.